The molecule has 7 heteroatoms. The summed E-state index contributed by atoms with van der Waals surface area (Å²) in [6, 6.07) is 6.13. The molecule has 0 radical (unpaired) electrons. The van der Waals surface area contributed by atoms with Crippen molar-refractivity contribution in [2.45, 2.75) is 6.92 Å². The van der Waals surface area contributed by atoms with Crippen LogP contribution in [0.4, 0.5) is 5.69 Å². The summed E-state index contributed by atoms with van der Waals surface area (Å²) in [5, 5.41) is 11.2. The van der Waals surface area contributed by atoms with Crippen LogP contribution < -0.4 is 4.74 Å². The van der Waals surface area contributed by atoms with Gasteiger partial charge in [0.15, 0.2) is 0 Å². The number of rotatable bonds is 3. The Bertz CT molecular complexity index is 649. The number of nitro groups is 1. The number of hydrogen-bond donors (Lipinski definition) is 0. The highest BCUT2D eigenvalue weighted by Crippen LogP contribution is 2.39. The fourth-order valence-electron chi connectivity index (χ4n) is 1.44. The SMILES string of the molecule is Cc1cnc(Cl)cc1Oc1c(Br)cccc1[N+](=O)[O-]. The van der Waals surface area contributed by atoms with Crippen LogP contribution in [0.3, 0.4) is 0 Å². The van der Waals surface area contributed by atoms with Crippen molar-refractivity contribution in [3.05, 3.63) is 55.8 Å². The van der Waals surface area contributed by atoms with Gasteiger partial charge in [-0.2, -0.15) is 0 Å². The smallest absolute Gasteiger partial charge is 0.312 e. The van der Waals surface area contributed by atoms with Gasteiger partial charge in [0.05, 0.1) is 9.40 Å². The fraction of sp³-hybridized carbons (Fsp3) is 0.0833. The second kappa shape index (κ2) is 5.54. The number of para-hydroxylation sites is 1. The standard InChI is InChI=1S/C12H8BrClN2O3/c1-7-6-15-11(14)5-10(7)19-12-8(13)3-2-4-9(12)16(17)18/h2-6H,1H3. The van der Waals surface area contributed by atoms with E-state index in [0.717, 1.165) is 5.56 Å². The molecular formula is C12H8BrClN2O3. The maximum atomic E-state index is 11.0. The molecule has 1 aromatic carbocycles. The van der Waals surface area contributed by atoms with E-state index in [1.807, 2.05) is 0 Å². The first-order valence-corrected chi connectivity index (χ1v) is 6.39. The largest absolute Gasteiger partial charge is 0.448 e. The van der Waals surface area contributed by atoms with E-state index in [4.69, 9.17) is 16.3 Å². The van der Waals surface area contributed by atoms with Crippen molar-refractivity contribution in [1.82, 2.24) is 4.98 Å². The highest BCUT2D eigenvalue weighted by Gasteiger charge is 2.19. The van der Waals surface area contributed by atoms with Gasteiger partial charge in [-0.3, -0.25) is 10.1 Å². The van der Waals surface area contributed by atoms with Gasteiger partial charge in [0.25, 0.3) is 0 Å². The van der Waals surface area contributed by atoms with Gasteiger partial charge in [-0.25, -0.2) is 4.98 Å². The van der Waals surface area contributed by atoms with Crippen molar-refractivity contribution in [3.63, 3.8) is 0 Å². The Morgan fingerprint density at radius 1 is 1.47 bits per heavy atom. The molecule has 0 saturated carbocycles. The first-order valence-electron chi connectivity index (χ1n) is 5.22. The Kier molecular flexibility index (Phi) is 4.01. The maximum Gasteiger partial charge on any atom is 0.312 e. The van der Waals surface area contributed by atoms with Gasteiger partial charge in [-0.05, 0) is 28.9 Å². The van der Waals surface area contributed by atoms with Crippen molar-refractivity contribution in [2.75, 3.05) is 0 Å². The maximum absolute atomic E-state index is 11.0. The van der Waals surface area contributed by atoms with E-state index >= 15 is 0 Å². The van der Waals surface area contributed by atoms with E-state index in [1.165, 1.54) is 12.1 Å². The molecule has 1 heterocycles. The molecule has 2 rings (SSSR count). The van der Waals surface area contributed by atoms with Crippen LogP contribution in [0.25, 0.3) is 0 Å². The summed E-state index contributed by atoms with van der Waals surface area (Å²) in [6.45, 7) is 1.78. The van der Waals surface area contributed by atoms with E-state index in [0.29, 0.717) is 10.2 Å². The molecule has 1 aromatic heterocycles. The van der Waals surface area contributed by atoms with Crippen LogP contribution >= 0.6 is 27.5 Å². The van der Waals surface area contributed by atoms with Crippen molar-refractivity contribution in [2.24, 2.45) is 0 Å². The average molecular weight is 344 g/mol. The third-order valence-corrected chi connectivity index (χ3v) is 3.21. The van der Waals surface area contributed by atoms with Gasteiger partial charge in [0.2, 0.25) is 5.75 Å². The van der Waals surface area contributed by atoms with E-state index in [-0.39, 0.29) is 16.6 Å². The molecule has 0 aliphatic rings. The fourth-order valence-corrected chi connectivity index (χ4v) is 2.03. The minimum atomic E-state index is -0.502. The number of pyridine rings is 1. The molecule has 5 nitrogen and oxygen atoms in total. The zero-order valence-corrected chi connectivity index (χ0v) is 12.1. The number of nitro benzene ring substituents is 1. The van der Waals surface area contributed by atoms with Crippen molar-refractivity contribution < 1.29 is 9.66 Å². The van der Waals surface area contributed by atoms with E-state index in [1.54, 1.807) is 25.3 Å². The molecule has 0 unspecified atom stereocenters. The number of aryl methyl sites for hydroxylation is 1. The second-order valence-corrected chi connectivity index (χ2v) is 4.96. The van der Waals surface area contributed by atoms with Crippen LogP contribution in [0.1, 0.15) is 5.56 Å². The van der Waals surface area contributed by atoms with E-state index in [9.17, 15) is 10.1 Å². The number of nitrogens with zero attached hydrogens (tertiary/aromatic N) is 2. The van der Waals surface area contributed by atoms with Crippen molar-refractivity contribution in [1.29, 1.82) is 0 Å². The first-order chi connectivity index (χ1) is 8.99. The minimum absolute atomic E-state index is 0.123. The Labute approximate surface area is 122 Å². The van der Waals surface area contributed by atoms with Crippen LogP contribution in [0, 0.1) is 17.0 Å². The third-order valence-electron chi connectivity index (χ3n) is 2.38. The predicted molar refractivity (Wildman–Crippen MR) is 74.9 cm³/mol. The number of ether oxygens (including phenoxy) is 1. The normalized spacial score (nSPS) is 10.3. The summed E-state index contributed by atoms with van der Waals surface area (Å²) in [4.78, 5) is 14.4. The number of halogens is 2. The predicted octanol–water partition coefficient (Wildman–Crippen LogP) is 4.51. The third kappa shape index (κ3) is 3.02. The lowest BCUT2D eigenvalue weighted by molar-refractivity contribution is -0.385. The average Bonchev–Trinajstić information content (AvgIpc) is 2.35. The highest BCUT2D eigenvalue weighted by atomic mass is 79.9. The van der Waals surface area contributed by atoms with Gasteiger partial charge in [0, 0.05) is 23.9 Å². The molecule has 0 aliphatic heterocycles. The van der Waals surface area contributed by atoms with Crippen LogP contribution in [0.5, 0.6) is 11.5 Å². The van der Waals surface area contributed by atoms with Gasteiger partial charge in [-0.15, -0.1) is 0 Å². The number of aromatic nitrogens is 1. The van der Waals surface area contributed by atoms with Gasteiger partial charge in [0.1, 0.15) is 10.9 Å². The number of benzene rings is 1. The topological polar surface area (TPSA) is 65.3 Å². The second-order valence-electron chi connectivity index (χ2n) is 3.72. The monoisotopic (exact) mass is 342 g/mol. The highest BCUT2D eigenvalue weighted by molar-refractivity contribution is 9.10. The summed E-state index contributed by atoms with van der Waals surface area (Å²) in [5.74, 6) is 0.563. The zero-order chi connectivity index (χ0) is 14.0. The molecule has 0 atom stereocenters. The quantitative estimate of drug-likeness (QED) is 0.467. The summed E-state index contributed by atoms with van der Waals surface area (Å²) in [6.07, 6.45) is 1.54. The summed E-state index contributed by atoms with van der Waals surface area (Å²) in [7, 11) is 0. The van der Waals surface area contributed by atoms with E-state index in [2.05, 4.69) is 20.9 Å². The molecule has 0 aliphatic carbocycles. The zero-order valence-electron chi connectivity index (χ0n) is 9.76. The van der Waals surface area contributed by atoms with E-state index < -0.39 is 4.92 Å². The Hall–Kier alpha value is -1.66. The molecule has 0 saturated heterocycles. The molecule has 0 fully saturated rings. The molecule has 0 amide bonds. The van der Waals surface area contributed by atoms with Gasteiger partial charge < -0.3 is 4.74 Å². The molecule has 0 N–H and O–H groups in total. The number of hydrogen-bond acceptors (Lipinski definition) is 4. The minimum Gasteiger partial charge on any atom is -0.448 e. The first kappa shape index (κ1) is 13.8. The molecule has 2 aromatic rings. The van der Waals surface area contributed by atoms with Crippen LogP contribution in [-0.2, 0) is 0 Å². The summed E-state index contributed by atoms with van der Waals surface area (Å²) in [5.41, 5.74) is 0.608. The molecule has 0 spiro atoms. The molecule has 98 valence electrons. The van der Waals surface area contributed by atoms with Gasteiger partial charge in [-0.1, -0.05) is 17.7 Å². The van der Waals surface area contributed by atoms with Crippen molar-refractivity contribution >= 4 is 33.2 Å². The van der Waals surface area contributed by atoms with Crippen LogP contribution in [0.15, 0.2) is 34.9 Å². The lowest BCUT2D eigenvalue weighted by Crippen LogP contribution is -1.96. The lowest BCUT2D eigenvalue weighted by Gasteiger charge is -2.10. The molecule has 0 bridgehead atoms. The van der Waals surface area contributed by atoms with Crippen LogP contribution in [0.2, 0.25) is 5.15 Å². The Morgan fingerprint density at radius 3 is 2.89 bits per heavy atom. The summed E-state index contributed by atoms with van der Waals surface area (Å²) >= 11 is 9.03. The van der Waals surface area contributed by atoms with Gasteiger partial charge >= 0.3 is 5.69 Å². The molecular weight excluding hydrogens is 336 g/mol. The summed E-state index contributed by atoms with van der Waals surface area (Å²) < 4.78 is 6.09. The van der Waals surface area contributed by atoms with Crippen LogP contribution in [-0.4, -0.2) is 9.91 Å². The Balaban J connectivity index is 2.49. The Morgan fingerprint density at radius 2 is 2.21 bits per heavy atom. The lowest BCUT2D eigenvalue weighted by atomic mass is 10.2. The van der Waals surface area contributed by atoms with Crippen molar-refractivity contribution in [3.8, 4) is 11.5 Å². The molecule has 19 heavy (non-hydrogen) atoms.